The molecule has 0 aliphatic rings. The Balaban J connectivity index is 2.46. The smallest absolute Gasteiger partial charge is 0.131 e. The van der Waals surface area contributed by atoms with Gasteiger partial charge in [0.2, 0.25) is 0 Å². The zero-order valence-corrected chi connectivity index (χ0v) is 8.77. The maximum Gasteiger partial charge on any atom is 0.131 e. The molecule has 0 radical (unpaired) electrons. The van der Waals surface area contributed by atoms with E-state index in [0.717, 1.165) is 17.5 Å². The summed E-state index contributed by atoms with van der Waals surface area (Å²) in [6, 6.07) is 7.40. The van der Waals surface area contributed by atoms with Crippen LogP contribution in [0.2, 0.25) is 0 Å². The predicted molar refractivity (Wildman–Crippen MR) is 59.1 cm³/mol. The molecule has 14 heavy (non-hydrogen) atoms. The van der Waals surface area contributed by atoms with E-state index in [9.17, 15) is 4.39 Å². The summed E-state index contributed by atoms with van der Waals surface area (Å²) in [7, 11) is 0. The number of halogens is 1. The third kappa shape index (κ3) is 1.70. The molecule has 0 aliphatic carbocycles. The Morgan fingerprint density at radius 3 is 2.71 bits per heavy atom. The van der Waals surface area contributed by atoms with E-state index in [1.165, 1.54) is 0 Å². The van der Waals surface area contributed by atoms with Crippen LogP contribution in [-0.2, 0) is 6.42 Å². The minimum absolute atomic E-state index is 0.122. The Morgan fingerprint density at radius 2 is 2.14 bits per heavy atom. The summed E-state index contributed by atoms with van der Waals surface area (Å²) in [5.74, 6) is -0.122. The molecule has 0 unspecified atom stereocenters. The molecule has 0 amide bonds. The zero-order valence-electron chi connectivity index (χ0n) is 7.96. The lowest BCUT2D eigenvalue weighted by Crippen LogP contribution is -1.86. The zero-order chi connectivity index (χ0) is 9.97. The van der Waals surface area contributed by atoms with E-state index >= 15 is 0 Å². The highest BCUT2D eigenvalue weighted by atomic mass is 32.1. The molecule has 0 aliphatic heterocycles. The van der Waals surface area contributed by atoms with Crippen LogP contribution in [0.4, 0.5) is 4.39 Å². The second-order valence-electron chi connectivity index (χ2n) is 3.18. The van der Waals surface area contributed by atoms with E-state index in [0.29, 0.717) is 5.56 Å². The molecule has 2 heteroatoms. The normalized spacial score (nSPS) is 10.4. The topological polar surface area (TPSA) is 0 Å². The maximum atomic E-state index is 13.6. The van der Waals surface area contributed by atoms with Crippen molar-refractivity contribution in [1.82, 2.24) is 0 Å². The molecule has 0 saturated carbocycles. The number of thiophene rings is 1. The molecule has 1 aromatic carbocycles. The van der Waals surface area contributed by atoms with E-state index in [4.69, 9.17) is 0 Å². The molecule has 0 N–H and O–H groups in total. The molecule has 0 spiro atoms. The first-order valence-electron chi connectivity index (χ1n) is 4.62. The van der Waals surface area contributed by atoms with Crippen LogP contribution in [0.3, 0.4) is 0 Å². The summed E-state index contributed by atoms with van der Waals surface area (Å²) in [4.78, 5) is 0. The Morgan fingerprint density at radius 1 is 1.29 bits per heavy atom. The van der Waals surface area contributed by atoms with Crippen LogP contribution in [0, 0.1) is 5.82 Å². The number of aryl methyl sites for hydroxylation is 1. The molecular formula is C12H11FS. The van der Waals surface area contributed by atoms with Crippen LogP contribution in [0.5, 0.6) is 0 Å². The quantitative estimate of drug-likeness (QED) is 0.693. The lowest BCUT2D eigenvalue weighted by Gasteiger charge is -2.02. The summed E-state index contributed by atoms with van der Waals surface area (Å²) in [6.07, 6.45) is 0.876. The average molecular weight is 206 g/mol. The molecule has 0 saturated heterocycles. The summed E-state index contributed by atoms with van der Waals surface area (Å²) in [5, 5.41) is 3.92. The highest BCUT2D eigenvalue weighted by molar-refractivity contribution is 7.08. The second kappa shape index (κ2) is 3.93. The third-order valence-corrected chi connectivity index (χ3v) is 2.96. The fraction of sp³-hybridized carbons (Fsp3) is 0.167. The molecule has 0 atom stereocenters. The van der Waals surface area contributed by atoms with E-state index in [1.54, 1.807) is 17.4 Å². The van der Waals surface area contributed by atoms with Gasteiger partial charge in [0.15, 0.2) is 0 Å². The van der Waals surface area contributed by atoms with Gasteiger partial charge in [-0.15, -0.1) is 0 Å². The van der Waals surface area contributed by atoms with Gasteiger partial charge in [0.1, 0.15) is 5.82 Å². The predicted octanol–water partition coefficient (Wildman–Crippen LogP) is 4.12. The standard InChI is InChI=1S/C12H11FS/c1-2-9-3-4-11(12(13)7-9)10-5-6-14-8-10/h3-8H,2H2,1H3. The van der Waals surface area contributed by atoms with Crippen molar-refractivity contribution >= 4 is 11.3 Å². The minimum atomic E-state index is -0.122. The SMILES string of the molecule is CCc1ccc(-c2ccsc2)c(F)c1. The Kier molecular flexibility index (Phi) is 2.64. The second-order valence-corrected chi connectivity index (χ2v) is 3.96. The Hall–Kier alpha value is -1.15. The number of hydrogen-bond acceptors (Lipinski definition) is 1. The van der Waals surface area contributed by atoms with Gasteiger partial charge in [-0.2, -0.15) is 11.3 Å². The van der Waals surface area contributed by atoms with Gasteiger partial charge in [-0.3, -0.25) is 0 Å². The Bertz CT molecular complexity index is 418. The highest BCUT2D eigenvalue weighted by Crippen LogP contribution is 2.25. The van der Waals surface area contributed by atoms with Gasteiger partial charge in [0, 0.05) is 5.56 Å². The van der Waals surface area contributed by atoms with Crippen molar-refractivity contribution in [2.45, 2.75) is 13.3 Å². The molecule has 0 bridgehead atoms. The van der Waals surface area contributed by atoms with Crippen LogP contribution < -0.4 is 0 Å². The van der Waals surface area contributed by atoms with Gasteiger partial charge in [-0.25, -0.2) is 4.39 Å². The summed E-state index contributed by atoms with van der Waals surface area (Å²) >= 11 is 1.59. The van der Waals surface area contributed by atoms with Crippen molar-refractivity contribution in [3.8, 4) is 11.1 Å². The van der Waals surface area contributed by atoms with E-state index in [2.05, 4.69) is 0 Å². The average Bonchev–Trinajstić information content (AvgIpc) is 2.70. The van der Waals surface area contributed by atoms with Gasteiger partial charge < -0.3 is 0 Å². The van der Waals surface area contributed by atoms with E-state index in [-0.39, 0.29) is 5.82 Å². The first-order chi connectivity index (χ1) is 6.81. The van der Waals surface area contributed by atoms with Crippen molar-refractivity contribution < 1.29 is 4.39 Å². The van der Waals surface area contributed by atoms with E-state index in [1.807, 2.05) is 35.9 Å². The Labute approximate surface area is 87.0 Å². The van der Waals surface area contributed by atoms with Crippen molar-refractivity contribution in [1.29, 1.82) is 0 Å². The van der Waals surface area contributed by atoms with Gasteiger partial charge in [-0.05, 0) is 40.4 Å². The summed E-state index contributed by atoms with van der Waals surface area (Å²) in [6.45, 7) is 2.03. The van der Waals surface area contributed by atoms with Gasteiger partial charge in [-0.1, -0.05) is 19.1 Å². The number of benzene rings is 1. The fourth-order valence-corrected chi connectivity index (χ4v) is 2.09. The molecule has 0 nitrogen and oxygen atoms in total. The summed E-state index contributed by atoms with van der Waals surface area (Å²) < 4.78 is 13.6. The molecule has 0 fully saturated rings. The summed E-state index contributed by atoms with van der Waals surface area (Å²) in [5.41, 5.74) is 2.71. The van der Waals surface area contributed by atoms with Crippen molar-refractivity contribution in [2.24, 2.45) is 0 Å². The maximum absolute atomic E-state index is 13.6. The van der Waals surface area contributed by atoms with Crippen LogP contribution in [0.1, 0.15) is 12.5 Å². The van der Waals surface area contributed by atoms with E-state index < -0.39 is 0 Å². The van der Waals surface area contributed by atoms with Crippen LogP contribution in [-0.4, -0.2) is 0 Å². The highest BCUT2D eigenvalue weighted by Gasteiger charge is 2.05. The number of hydrogen-bond donors (Lipinski definition) is 0. The van der Waals surface area contributed by atoms with Gasteiger partial charge in [0.05, 0.1) is 0 Å². The molecular weight excluding hydrogens is 195 g/mol. The van der Waals surface area contributed by atoms with Gasteiger partial charge >= 0.3 is 0 Å². The van der Waals surface area contributed by atoms with Crippen molar-refractivity contribution in [3.05, 3.63) is 46.4 Å². The molecule has 1 aromatic heterocycles. The fourth-order valence-electron chi connectivity index (χ4n) is 1.43. The minimum Gasteiger partial charge on any atom is -0.206 e. The van der Waals surface area contributed by atoms with Crippen LogP contribution in [0.15, 0.2) is 35.0 Å². The molecule has 1 heterocycles. The lowest BCUT2D eigenvalue weighted by atomic mass is 10.1. The molecule has 2 rings (SSSR count). The van der Waals surface area contributed by atoms with Gasteiger partial charge in [0.25, 0.3) is 0 Å². The first kappa shape index (κ1) is 9.41. The first-order valence-corrected chi connectivity index (χ1v) is 5.56. The largest absolute Gasteiger partial charge is 0.206 e. The van der Waals surface area contributed by atoms with Crippen LogP contribution >= 0.6 is 11.3 Å². The number of rotatable bonds is 2. The van der Waals surface area contributed by atoms with Crippen LogP contribution in [0.25, 0.3) is 11.1 Å². The lowest BCUT2D eigenvalue weighted by molar-refractivity contribution is 0.629. The molecule has 2 aromatic rings. The van der Waals surface area contributed by atoms with Crippen molar-refractivity contribution in [3.63, 3.8) is 0 Å². The molecule has 72 valence electrons. The monoisotopic (exact) mass is 206 g/mol. The third-order valence-electron chi connectivity index (χ3n) is 2.27. The van der Waals surface area contributed by atoms with Crippen molar-refractivity contribution in [2.75, 3.05) is 0 Å².